The fourth-order valence-electron chi connectivity index (χ4n) is 0.485. The monoisotopic (exact) mass is 232 g/mol. The van der Waals surface area contributed by atoms with Crippen LogP contribution in [-0.2, 0) is 18.9 Å². The molecular weight excluding hydrogens is 222 g/mol. The largest absolute Gasteiger partial charge is 0.460 e. The van der Waals surface area contributed by atoms with Gasteiger partial charge in [-0.1, -0.05) is 18.4 Å². The van der Waals surface area contributed by atoms with Crippen LogP contribution in [0.15, 0.2) is 0 Å². The van der Waals surface area contributed by atoms with E-state index in [1.807, 2.05) is 6.92 Å². The van der Waals surface area contributed by atoms with E-state index in [0.29, 0.717) is 6.42 Å². The average molecular weight is 232 g/mol. The Balaban J connectivity index is 3.82. The molecule has 0 aromatic rings. The fraction of sp³-hybridized carbons (Fsp3) is 0.833. The molecule has 0 saturated heterocycles. The van der Waals surface area contributed by atoms with Gasteiger partial charge in [-0.3, -0.25) is 0 Å². The van der Waals surface area contributed by atoms with Crippen molar-refractivity contribution in [2.75, 3.05) is 6.61 Å². The number of ether oxygens (including phenoxy) is 1. The van der Waals surface area contributed by atoms with Gasteiger partial charge in [0.25, 0.3) is 0 Å². The molecule has 0 spiro atoms. The molecule has 0 bridgehead atoms. The first-order valence-electron chi connectivity index (χ1n) is 3.75. The van der Waals surface area contributed by atoms with Crippen molar-refractivity contribution in [3.05, 3.63) is 0 Å². The Hall–Kier alpha value is -0.440. The molecule has 14 heavy (non-hydrogen) atoms. The topological polar surface area (TPSA) is 65.0 Å². The predicted molar refractivity (Wildman–Crippen MR) is 43.2 cm³/mol. The van der Waals surface area contributed by atoms with Crippen LogP contribution >= 0.6 is 12.0 Å². The van der Waals surface area contributed by atoms with Crippen LogP contribution in [0.25, 0.3) is 0 Å². The third-order valence-corrected chi connectivity index (χ3v) is 1.64. The normalized spacial score (nSPS) is 11.4. The molecule has 0 rings (SSSR count). The summed E-state index contributed by atoms with van der Waals surface area (Å²) >= 11 is -0.635. The molecule has 5 nitrogen and oxygen atoms in total. The Morgan fingerprint density at radius 2 is 2.21 bits per heavy atom. The lowest BCUT2D eigenvalue weighted by Crippen LogP contribution is -2.27. The van der Waals surface area contributed by atoms with Crippen molar-refractivity contribution < 1.29 is 32.9 Å². The molecule has 0 atom stereocenters. The molecule has 84 valence electrons. The Labute approximate surface area is 83.4 Å². The summed E-state index contributed by atoms with van der Waals surface area (Å²) < 4.78 is 32.9. The first-order chi connectivity index (χ1) is 6.54. The lowest BCUT2D eigenvalue weighted by atomic mass is 10.4. The summed E-state index contributed by atoms with van der Waals surface area (Å²) in [5.41, 5.74) is 0. The van der Waals surface area contributed by atoms with E-state index < -0.39 is 23.3 Å². The number of hydrogen-bond acceptors (Lipinski definition) is 6. The number of carbonyl (C=O) groups is 1. The second-order valence-electron chi connectivity index (χ2n) is 2.23. The van der Waals surface area contributed by atoms with Crippen LogP contribution in [-0.4, -0.2) is 23.1 Å². The number of carbonyl (C=O) groups excluding carboxylic acids is 1. The van der Waals surface area contributed by atoms with Gasteiger partial charge in [-0.2, -0.15) is 8.78 Å². The smallest absolute Gasteiger partial charge is 0.415 e. The van der Waals surface area contributed by atoms with Gasteiger partial charge in [-0.15, -0.1) is 4.33 Å². The van der Waals surface area contributed by atoms with E-state index in [-0.39, 0.29) is 6.61 Å². The van der Waals surface area contributed by atoms with Gasteiger partial charge in [0, 0.05) is 0 Å². The molecule has 0 aromatic carbocycles. The van der Waals surface area contributed by atoms with Gasteiger partial charge in [0.15, 0.2) is 0 Å². The van der Waals surface area contributed by atoms with Gasteiger partial charge in [-0.25, -0.2) is 10.1 Å². The number of alkyl halides is 2. The van der Waals surface area contributed by atoms with Crippen LogP contribution in [0.5, 0.6) is 0 Å². The molecule has 0 aliphatic carbocycles. The Morgan fingerprint density at radius 3 is 2.71 bits per heavy atom. The molecule has 0 saturated carbocycles. The second-order valence-corrected chi connectivity index (χ2v) is 3.05. The van der Waals surface area contributed by atoms with Crippen molar-refractivity contribution in [1.82, 2.24) is 0 Å². The minimum absolute atomic E-state index is 0.0779. The highest BCUT2D eigenvalue weighted by Gasteiger charge is 2.43. The summed E-state index contributed by atoms with van der Waals surface area (Å²) in [7, 11) is 0. The molecule has 0 aliphatic heterocycles. The van der Waals surface area contributed by atoms with Crippen LogP contribution in [0.1, 0.15) is 19.8 Å². The molecule has 1 N–H and O–H groups in total. The first kappa shape index (κ1) is 13.6. The van der Waals surface area contributed by atoms with Crippen molar-refractivity contribution in [2.24, 2.45) is 0 Å². The molecule has 0 heterocycles. The minimum atomic E-state index is -3.89. The maximum Gasteiger partial charge on any atom is 0.415 e. The van der Waals surface area contributed by atoms with Crippen molar-refractivity contribution >= 4 is 18.0 Å². The van der Waals surface area contributed by atoms with Gasteiger partial charge in [0.05, 0.1) is 6.61 Å². The number of hydrogen-bond donors (Lipinski definition) is 1. The van der Waals surface area contributed by atoms with E-state index in [9.17, 15) is 13.6 Å². The van der Waals surface area contributed by atoms with Crippen molar-refractivity contribution in [3.63, 3.8) is 0 Å². The zero-order chi connectivity index (χ0) is 11.0. The molecule has 0 aliphatic rings. The first-order valence-corrected chi connectivity index (χ1v) is 4.49. The Kier molecular flexibility index (Phi) is 6.71. The number of unbranched alkanes of at least 4 members (excludes halogenated alkanes) is 1. The van der Waals surface area contributed by atoms with E-state index in [1.54, 1.807) is 0 Å². The molecule has 0 aromatic heterocycles. The number of esters is 1. The Morgan fingerprint density at radius 1 is 1.57 bits per heavy atom. The van der Waals surface area contributed by atoms with Crippen LogP contribution < -0.4 is 0 Å². The summed E-state index contributed by atoms with van der Waals surface area (Å²) in [6.07, 6.45) is 1.23. The maximum atomic E-state index is 12.6. The summed E-state index contributed by atoms with van der Waals surface area (Å²) in [6.45, 7) is 1.74. The third kappa shape index (κ3) is 5.32. The zero-order valence-electron chi connectivity index (χ0n) is 7.37. The van der Waals surface area contributed by atoms with Crippen molar-refractivity contribution in [2.45, 2.75) is 25.0 Å². The van der Waals surface area contributed by atoms with Gasteiger partial charge in [0.1, 0.15) is 12.0 Å². The Bertz CT molecular complexity index is 178. The SMILES string of the molecule is CCCCOC(=O)C(F)(F)SOOO. The van der Waals surface area contributed by atoms with Crippen molar-refractivity contribution in [3.8, 4) is 0 Å². The summed E-state index contributed by atoms with van der Waals surface area (Å²) in [4.78, 5) is 10.6. The molecule has 0 unspecified atom stereocenters. The summed E-state index contributed by atoms with van der Waals surface area (Å²) in [5, 5.41) is 6.63. The van der Waals surface area contributed by atoms with Gasteiger partial charge in [0.2, 0.25) is 0 Å². The van der Waals surface area contributed by atoms with Gasteiger partial charge >= 0.3 is 11.2 Å². The highest BCUT2D eigenvalue weighted by molar-refractivity contribution is 7.96. The van der Waals surface area contributed by atoms with Crippen LogP contribution in [0.4, 0.5) is 8.78 Å². The number of rotatable bonds is 7. The summed E-state index contributed by atoms with van der Waals surface area (Å²) in [5.74, 6) is -1.73. The van der Waals surface area contributed by atoms with E-state index in [4.69, 9.17) is 5.26 Å². The van der Waals surface area contributed by atoms with E-state index in [2.05, 4.69) is 14.1 Å². The van der Waals surface area contributed by atoms with E-state index in [1.165, 1.54) is 0 Å². The standard InChI is InChI=1S/C6H10F2O5S/c1-2-3-4-11-5(9)6(7,8)14-13-12-10/h10H,2-4H2,1H3. The molecule has 0 radical (unpaired) electrons. The van der Waals surface area contributed by atoms with E-state index in [0.717, 1.165) is 6.42 Å². The molecule has 0 amide bonds. The van der Waals surface area contributed by atoms with Crippen LogP contribution in [0.2, 0.25) is 0 Å². The quantitative estimate of drug-likeness (QED) is 0.238. The van der Waals surface area contributed by atoms with Gasteiger partial charge in [-0.05, 0) is 6.42 Å². The molecule has 8 heteroatoms. The molecular formula is C6H10F2O5S. The second kappa shape index (κ2) is 6.93. The third-order valence-electron chi connectivity index (χ3n) is 1.14. The van der Waals surface area contributed by atoms with Crippen LogP contribution in [0, 0.1) is 0 Å². The number of halogens is 2. The van der Waals surface area contributed by atoms with Gasteiger partial charge < -0.3 is 4.74 Å². The minimum Gasteiger partial charge on any atom is -0.460 e. The predicted octanol–water partition coefficient (Wildman–Crippen LogP) is 1.99. The summed E-state index contributed by atoms with van der Waals surface area (Å²) in [6, 6.07) is 0. The lowest BCUT2D eigenvalue weighted by Gasteiger charge is -2.11. The van der Waals surface area contributed by atoms with E-state index >= 15 is 0 Å². The average Bonchev–Trinajstić information content (AvgIpc) is 2.15. The highest BCUT2D eigenvalue weighted by atomic mass is 32.2. The van der Waals surface area contributed by atoms with Crippen molar-refractivity contribution in [1.29, 1.82) is 0 Å². The van der Waals surface area contributed by atoms with Crippen LogP contribution in [0.3, 0.4) is 0 Å². The fourth-order valence-corrected chi connectivity index (χ4v) is 0.728. The lowest BCUT2D eigenvalue weighted by molar-refractivity contribution is -0.433. The zero-order valence-corrected chi connectivity index (χ0v) is 8.18. The molecule has 0 fully saturated rings. The maximum absolute atomic E-state index is 12.6. The highest BCUT2D eigenvalue weighted by Crippen LogP contribution is 2.31.